The molecule has 0 aliphatic carbocycles. The number of rotatable bonds is 8. The zero-order valence-corrected chi connectivity index (χ0v) is 18.8. The molecule has 4 aromatic rings. The largest absolute Gasteiger partial charge is 0.711 e. The minimum atomic E-state index is -1.03. The summed E-state index contributed by atoms with van der Waals surface area (Å²) < 4.78 is 27.3. The molecule has 0 amide bonds. The van der Waals surface area contributed by atoms with Crippen LogP contribution in [0.5, 0.6) is 11.5 Å². The molecule has 0 saturated carbocycles. The van der Waals surface area contributed by atoms with Crippen LogP contribution in [0.2, 0.25) is 0 Å². The summed E-state index contributed by atoms with van der Waals surface area (Å²) in [6, 6.07) is 12.9. The van der Waals surface area contributed by atoms with Crippen LogP contribution in [0, 0.1) is 16.4 Å². The van der Waals surface area contributed by atoms with Gasteiger partial charge in [0.15, 0.2) is 17.4 Å². The average Bonchev–Trinajstić information content (AvgIpc) is 3.24. The number of hydrogen-bond donors (Lipinski definition) is 4. The molecule has 1 atom stereocenters. The number of halogens is 1. The van der Waals surface area contributed by atoms with Crippen molar-refractivity contribution in [3.05, 3.63) is 99.3 Å². The summed E-state index contributed by atoms with van der Waals surface area (Å²) in [5, 5.41) is 27.2. The molecule has 5 N–H and O–H groups in total. The minimum Gasteiger partial charge on any atom is -0.711 e. The van der Waals surface area contributed by atoms with Gasteiger partial charge in [-0.05, 0) is 41.1 Å². The standard InChI is InChI=1S/C23H22FN7O4/c1-34-15-11-16(19(24)17(12-15)35-2)20(27-14-8-6-13(7-9-14)21(25)26)22-28-23(32)31(29-22)18-5-3-4-10-30(18)33/h3-12,20,27H,1-2H3,(H3,25,26)(H,28,29,32). The fraction of sp³-hybridized carbons (Fsp3) is 0.130. The number of methoxy groups -OCH3 is 2. The number of nitrogen functional groups attached to an aromatic ring is 1. The molecular weight excluding hydrogens is 457 g/mol. The van der Waals surface area contributed by atoms with Gasteiger partial charge in [0.1, 0.15) is 17.6 Å². The highest BCUT2D eigenvalue weighted by molar-refractivity contribution is 5.95. The van der Waals surface area contributed by atoms with Gasteiger partial charge in [-0.25, -0.2) is 13.9 Å². The van der Waals surface area contributed by atoms with E-state index in [1.807, 2.05) is 0 Å². The highest BCUT2D eigenvalue weighted by Crippen LogP contribution is 2.34. The van der Waals surface area contributed by atoms with E-state index in [4.69, 9.17) is 20.6 Å². The van der Waals surface area contributed by atoms with Gasteiger partial charge in [-0.2, -0.15) is 0 Å². The zero-order valence-electron chi connectivity index (χ0n) is 18.8. The number of aromatic nitrogens is 4. The first kappa shape index (κ1) is 23.3. The van der Waals surface area contributed by atoms with Crippen LogP contribution >= 0.6 is 0 Å². The van der Waals surface area contributed by atoms with Gasteiger partial charge >= 0.3 is 11.5 Å². The van der Waals surface area contributed by atoms with Crippen molar-refractivity contribution in [2.24, 2.45) is 5.73 Å². The highest BCUT2D eigenvalue weighted by Gasteiger charge is 2.28. The summed E-state index contributed by atoms with van der Waals surface area (Å²) in [5.41, 5.74) is 5.93. The molecule has 11 nitrogen and oxygen atoms in total. The van der Waals surface area contributed by atoms with E-state index in [1.165, 1.54) is 44.7 Å². The highest BCUT2D eigenvalue weighted by atomic mass is 19.1. The second-order valence-corrected chi connectivity index (χ2v) is 7.41. The van der Waals surface area contributed by atoms with Crippen molar-refractivity contribution in [1.82, 2.24) is 14.8 Å². The number of nitrogens with two attached hydrogens (primary N) is 1. The maximum Gasteiger partial charge on any atom is 0.440 e. The molecule has 2 aromatic heterocycles. The monoisotopic (exact) mass is 479 g/mol. The van der Waals surface area contributed by atoms with E-state index < -0.39 is 17.5 Å². The molecule has 180 valence electrons. The molecule has 0 spiro atoms. The van der Waals surface area contributed by atoms with Gasteiger partial charge in [0.2, 0.25) is 0 Å². The van der Waals surface area contributed by atoms with Crippen LogP contribution in [0.3, 0.4) is 0 Å². The smallest absolute Gasteiger partial charge is 0.440 e. The van der Waals surface area contributed by atoms with E-state index >= 15 is 4.39 Å². The Hall–Kier alpha value is -4.87. The Balaban J connectivity index is 1.86. The fourth-order valence-corrected chi connectivity index (χ4v) is 3.48. The Morgan fingerprint density at radius 2 is 1.97 bits per heavy atom. The molecule has 0 fully saturated rings. The van der Waals surface area contributed by atoms with Crippen LogP contribution < -0.4 is 30.9 Å². The Bertz CT molecular complexity index is 1430. The molecule has 0 saturated heterocycles. The van der Waals surface area contributed by atoms with Crippen LogP contribution in [0.25, 0.3) is 5.82 Å². The lowest BCUT2D eigenvalue weighted by molar-refractivity contribution is -0.600. The lowest BCUT2D eigenvalue weighted by atomic mass is 10.0. The fourth-order valence-electron chi connectivity index (χ4n) is 3.48. The van der Waals surface area contributed by atoms with Crippen LogP contribution in [-0.4, -0.2) is 34.8 Å². The molecule has 0 aliphatic rings. The van der Waals surface area contributed by atoms with Gasteiger partial charge in [0.25, 0.3) is 0 Å². The summed E-state index contributed by atoms with van der Waals surface area (Å²) >= 11 is 0. The number of H-pyrrole nitrogens is 1. The Kier molecular flexibility index (Phi) is 6.36. The second-order valence-electron chi connectivity index (χ2n) is 7.41. The Morgan fingerprint density at radius 3 is 2.60 bits per heavy atom. The van der Waals surface area contributed by atoms with E-state index in [2.05, 4.69) is 15.4 Å². The minimum absolute atomic E-state index is 0.0312. The third-order valence-electron chi connectivity index (χ3n) is 5.24. The van der Waals surface area contributed by atoms with Gasteiger partial charge in [-0.15, -0.1) is 0 Å². The van der Waals surface area contributed by atoms with Gasteiger partial charge in [-0.3, -0.25) is 10.4 Å². The lowest BCUT2D eigenvalue weighted by Crippen LogP contribution is -2.35. The number of benzene rings is 2. The third-order valence-corrected chi connectivity index (χ3v) is 5.24. The van der Waals surface area contributed by atoms with Crippen LogP contribution in [0.4, 0.5) is 10.1 Å². The normalized spacial score (nSPS) is 11.6. The van der Waals surface area contributed by atoms with Crippen molar-refractivity contribution < 1.29 is 18.6 Å². The molecule has 2 heterocycles. The lowest BCUT2D eigenvalue weighted by Gasteiger charge is -2.20. The number of hydrogen-bond acceptors (Lipinski definition) is 7. The average molecular weight is 479 g/mol. The number of pyridine rings is 1. The molecule has 12 heteroatoms. The summed E-state index contributed by atoms with van der Waals surface area (Å²) in [4.78, 5) is 15.3. The van der Waals surface area contributed by atoms with Crippen molar-refractivity contribution in [3.8, 4) is 17.3 Å². The van der Waals surface area contributed by atoms with E-state index in [9.17, 15) is 10.0 Å². The molecule has 2 aromatic carbocycles. The van der Waals surface area contributed by atoms with Crippen molar-refractivity contribution >= 4 is 11.5 Å². The Morgan fingerprint density at radius 1 is 1.23 bits per heavy atom. The quantitative estimate of drug-likeness (QED) is 0.130. The molecule has 0 radical (unpaired) electrons. The zero-order chi connectivity index (χ0) is 25.1. The second kappa shape index (κ2) is 9.55. The molecule has 0 bridgehead atoms. The van der Waals surface area contributed by atoms with Gasteiger partial charge in [0.05, 0.1) is 20.4 Å². The number of anilines is 1. The van der Waals surface area contributed by atoms with E-state index in [0.717, 1.165) is 4.68 Å². The summed E-state index contributed by atoms with van der Waals surface area (Å²) in [7, 11) is 2.75. The van der Waals surface area contributed by atoms with Crippen LogP contribution in [0.15, 0.2) is 65.6 Å². The summed E-state index contributed by atoms with van der Waals surface area (Å²) in [6.45, 7) is 0. The number of nitrogens with zero attached hydrogens (tertiary/aromatic N) is 3. The van der Waals surface area contributed by atoms with Crippen molar-refractivity contribution in [3.63, 3.8) is 0 Å². The number of nitrogens with one attached hydrogen (secondary N) is 3. The molecular formula is C23H22FN7O4. The van der Waals surface area contributed by atoms with Crippen molar-refractivity contribution in [2.45, 2.75) is 6.04 Å². The topological polar surface area (TPSA) is 158 Å². The summed E-state index contributed by atoms with van der Waals surface area (Å²) in [6.07, 6.45) is 1.23. The van der Waals surface area contributed by atoms with Gasteiger partial charge < -0.3 is 25.7 Å². The van der Waals surface area contributed by atoms with Crippen LogP contribution in [-0.2, 0) is 0 Å². The van der Waals surface area contributed by atoms with Gasteiger partial charge in [0, 0.05) is 28.9 Å². The van der Waals surface area contributed by atoms with Gasteiger partial charge in [-0.1, -0.05) is 11.2 Å². The number of ether oxygens (including phenoxy) is 2. The third kappa shape index (κ3) is 4.62. The number of aromatic amines is 1. The van der Waals surface area contributed by atoms with Crippen molar-refractivity contribution in [2.75, 3.05) is 19.5 Å². The molecule has 1 unspecified atom stereocenters. The maximum absolute atomic E-state index is 15.4. The first-order valence-electron chi connectivity index (χ1n) is 10.3. The predicted octanol–water partition coefficient (Wildman–Crippen LogP) is 1.84. The van der Waals surface area contributed by atoms with Crippen LogP contribution in [0.1, 0.15) is 23.0 Å². The first-order valence-corrected chi connectivity index (χ1v) is 10.3. The van der Waals surface area contributed by atoms with E-state index in [0.29, 0.717) is 21.7 Å². The maximum atomic E-state index is 15.4. The SMILES string of the molecule is COc1cc(OC)c(F)c(C(Nc2ccc(C(=N)N)cc2)c2nn(-c3cccc[n+]3[O-])c(=O)[nH]2)c1. The molecule has 0 aliphatic heterocycles. The van der Waals surface area contributed by atoms with Crippen molar-refractivity contribution in [1.29, 1.82) is 5.41 Å². The van der Waals surface area contributed by atoms with E-state index in [-0.39, 0.29) is 28.8 Å². The first-order chi connectivity index (χ1) is 16.8. The molecule has 4 rings (SSSR count). The Labute approximate surface area is 198 Å². The molecule has 35 heavy (non-hydrogen) atoms. The predicted molar refractivity (Wildman–Crippen MR) is 126 cm³/mol. The summed E-state index contributed by atoms with van der Waals surface area (Å²) in [5.74, 6) is -0.551. The number of amidine groups is 1. The van der Waals surface area contributed by atoms with E-state index in [1.54, 1.807) is 30.3 Å².